The molecule has 1 aliphatic carbocycles. The lowest BCUT2D eigenvalue weighted by atomic mass is 9.95. The van der Waals surface area contributed by atoms with E-state index in [1.807, 2.05) is 20.8 Å². The molecule has 1 saturated carbocycles. The van der Waals surface area contributed by atoms with E-state index >= 15 is 0 Å². The third-order valence-corrected chi connectivity index (χ3v) is 8.05. The monoisotopic (exact) mass is 615 g/mol. The second-order valence-corrected chi connectivity index (χ2v) is 12.5. The smallest absolute Gasteiger partial charge is 0.273 e. The quantitative estimate of drug-likeness (QED) is 0.290. The Hall–Kier alpha value is -3.70. The van der Waals surface area contributed by atoms with Gasteiger partial charge in [0, 0.05) is 17.3 Å². The van der Waals surface area contributed by atoms with Crippen LogP contribution in [0, 0.1) is 5.82 Å². The Bertz CT molecular complexity index is 1450. The molecule has 0 unspecified atom stereocenters. The molecule has 1 heterocycles. The number of nitrogens with one attached hydrogen (secondary N) is 2. The third-order valence-electron chi connectivity index (χ3n) is 6.91. The van der Waals surface area contributed by atoms with Gasteiger partial charge in [-0.3, -0.25) is 19.3 Å². The van der Waals surface area contributed by atoms with E-state index < -0.39 is 35.1 Å². The van der Waals surface area contributed by atoms with Crippen molar-refractivity contribution in [2.75, 3.05) is 17.7 Å². The number of ether oxygens (including phenoxy) is 1. The first-order chi connectivity index (χ1) is 19.9. The molecule has 0 aliphatic heterocycles. The average molecular weight is 616 g/mol. The molecule has 1 aliphatic rings. The van der Waals surface area contributed by atoms with Gasteiger partial charge in [-0.05, 0) is 81.0 Å². The molecule has 224 valence electrons. The molecule has 1 atom stereocenters. The predicted molar refractivity (Wildman–Crippen MR) is 163 cm³/mol. The van der Waals surface area contributed by atoms with Gasteiger partial charge >= 0.3 is 0 Å². The van der Waals surface area contributed by atoms with E-state index in [9.17, 15) is 18.8 Å². The highest BCUT2D eigenvalue weighted by Gasteiger charge is 2.37. The van der Waals surface area contributed by atoms with Gasteiger partial charge in [0.25, 0.3) is 11.8 Å². The van der Waals surface area contributed by atoms with Crippen LogP contribution >= 0.6 is 23.1 Å². The van der Waals surface area contributed by atoms with Crippen LogP contribution in [0.4, 0.5) is 15.8 Å². The zero-order valence-electron chi connectivity index (χ0n) is 24.0. The molecule has 12 heteroatoms. The Morgan fingerprint density at radius 2 is 1.79 bits per heavy atom. The van der Waals surface area contributed by atoms with Crippen LogP contribution in [0.25, 0.3) is 0 Å². The highest BCUT2D eigenvalue weighted by Crippen LogP contribution is 2.35. The fourth-order valence-electron chi connectivity index (χ4n) is 4.89. The maximum absolute atomic E-state index is 14.3. The number of rotatable bonds is 8. The number of nitrogens with zero attached hydrogens (tertiary/aromatic N) is 2. The van der Waals surface area contributed by atoms with Crippen molar-refractivity contribution in [3.05, 3.63) is 69.4 Å². The zero-order valence-corrected chi connectivity index (χ0v) is 25.6. The van der Waals surface area contributed by atoms with Crippen LogP contribution in [0.15, 0.2) is 42.5 Å². The molecule has 4 rings (SSSR count). The Morgan fingerprint density at radius 3 is 2.38 bits per heavy atom. The topological polar surface area (TPSA) is 127 Å². The average Bonchev–Trinajstić information content (AvgIpc) is 3.34. The summed E-state index contributed by atoms with van der Waals surface area (Å²) in [6.07, 6.45) is 4.92. The first kappa shape index (κ1) is 31.2. The highest BCUT2D eigenvalue weighted by molar-refractivity contribution is 7.09. The van der Waals surface area contributed by atoms with Crippen molar-refractivity contribution < 1.29 is 23.5 Å². The van der Waals surface area contributed by atoms with Gasteiger partial charge in [0.05, 0.1) is 17.8 Å². The second kappa shape index (κ2) is 13.1. The summed E-state index contributed by atoms with van der Waals surface area (Å²) in [5.41, 5.74) is 6.18. The van der Waals surface area contributed by atoms with E-state index in [4.69, 9.17) is 22.1 Å². The molecule has 9 nitrogen and oxygen atoms in total. The van der Waals surface area contributed by atoms with Crippen molar-refractivity contribution in [1.29, 1.82) is 0 Å². The first-order valence-electron chi connectivity index (χ1n) is 13.7. The van der Waals surface area contributed by atoms with E-state index in [2.05, 4.69) is 15.0 Å². The lowest BCUT2D eigenvalue weighted by molar-refractivity contribution is -0.123. The normalized spacial score (nSPS) is 14.6. The molecule has 0 radical (unpaired) electrons. The van der Waals surface area contributed by atoms with Gasteiger partial charge < -0.3 is 21.1 Å². The third kappa shape index (κ3) is 7.19. The summed E-state index contributed by atoms with van der Waals surface area (Å²) in [5, 5.41) is 5.67. The lowest BCUT2D eigenvalue weighted by Crippen LogP contribution is -2.49. The second-order valence-electron chi connectivity index (χ2n) is 11.3. The number of hydrogen-bond acceptors (Lipinski definition) is 7. The molecule has 1 fully saturated rings. The maximum Gasteiger partial charge on any atom is 0.273 e. The van der Waals surface area contributed by atoms with Crippen molar-refractivity contribution in [2.24, 2.45) is 0 Å². The Balaban J connectivity index is 1.80. The number of nitrogen functional groups attached to an aromatic ring is 1. The molecule has 3 aromatic rings. The summed E-state index contributed by atoms with van der Waals surface area (Å²) >= 11 is 6.90. The molecule has 4 N–H and O–H groups in total. The number of methoxy groups -OCH3 is 1. The fourth-order valence-corrected chi connectivity index (χ4v) is 5.80. The van der Waals surface area contributed by atoms with Crippen LogP contribution < -0.4 is 26.0 Å². The zero-order chi connectivity index (χ0) is 30.6. The maximum atomic E-state index is 14.3. The van der Waals surface area contributed by atoms with E-state index in [0.717, 1.165) is 49.7 Å². The molecule has 3 amide bonds. The number of benzene rings is 2. The number of anilines is 2. The van der Waals surface area contributed by atoms with Gasteiger partial charge in [-0.15, -0.1) is 0 Å². The van der Waals surface area contributed by atoms with Crippen molar-refractivity contribution >= 4 is 52.2 Å². The van der Waals surface area contributed by atoms with E-state index in [-0.39, 0.29) is 33.0 Å². The number of nitrogens with two attached hydrogens (primary N) is 1. The van der Waals surface area contributed by atoms with Gasteiger partial charge in [-0.25, -0.2) is 4.39 Å². The predicted octanol–water partition coefficient (Wildman–Crippen LogP) is 5.89. The summed E-state index contributed by atoms with van der Waals surface area (Å²) in [4.78, 5) is 42.4. The minimum absolute atomic E-state index is 0.0184. The summed E-state index contributed by atoms with van der Waals surface area (Å²) < 4.78 is 23.7. The van der Waals surface area contributed by atoms with Gasteiger partial charge in [-0.2, -0.15) is 4.37 Å². The standard InChI is InChI=1S/C30H35ClFN5O4S/c1-30(2,3)35-28(39)25(17-10-13-20(41-4)14-11-17)37(19-12-15-22(32)21(31)16-19)29(40)26-23(33)24(36-42-26)27(38)34-18-8-6-5-7-9-18/h10-16,18,25H,5-9,33H2,1-4H3,(H,34,38)(H,35,39)/t25-/m1/s1. The Morgan fingerprint density at radius 1 is 1.12 bits per heavy atom. The minimum atomic E-state index is -1.23. The number of carbonyl (C=O) groups excluding carboxylic acids is 3. The lowest BCUT2D eigenvalue weighted by Gasteiger charge is -2.33. The molecule has 42 heavy (non-hydrogen) atoms. The van der Waals surface area contributed by atoms with Crippen LogP contribution in [-0.4, -0.2) is 40.8 Å². The molecule has 1 aromatic heterocycles. The van der Waals surface area contributed by atoms with Crippen LogP contribution in [0.1, 0.15) is 84.6 Å². The van der Waals surface area contributed by atoms with Crippen molar-refractivity contribution in [1.82, 2.24) is 15.0 Å². The fraction of sp³-hybridized carbons (Fsp3) is 0.400. The highest BCUT2D eigenvalue weighted by atomic mass is 35.5. The van der Waals surface area contributed by atoms with Crippen LogP contribution in [-0.2, 0) is 4.79 Å². The Kier molecular flexibility index (Phi) is 9.73. The van der Waals surface area contributed by atoms with Gasteiger partial charge in [-0.1, -0.05) is 43.0 Å². The van der Waals surface area contributed by atoms with Gasteiger partial charge in [0.2, 0.25) is 5.91 Å². The van der Waals surface area contributed by atoms with E-state index in [1.54, 1.807) is 24.3 Å². The van der Waals surface area contributed by atoms with Crippen LogP contribution in [0.5, 0.6) is 5.75 Å². The summed E-state index contributed by atoms with van der Waals surface area (Å²) in [6.45, 7) is 5.44. The molecular formula is C30H35ClFN5O4S. The van der Waals surface area contributed by atoms with Crippen LogP contribution in [0.2, 0.25) is 5.02 Å². The molecule has 0 spiro atoms. The first-order valence-corrected chi connectivity index (χ1v) is 14.9. The van der Waals surface area contributed by atoms with Gasteiger partial charge in [0.15, 0.2) is 5.69 Å². The SMILES string of the molecule is COc1ccc([C@H](C(=O)NC(C)(C)C)N(C(=O)c2snc(C(=O)NC3CCCCC3)c2N)c2ccc(F)c(Cl)c2)cc1. The Labute approximate surface area is 253 Å². The summed E-state index contributed by atoms with van der Waals surface area (Å²) in [6, 6.07) is 9.19. The van der Waals surface area contributed by atoms with E-state index in [1.165, 1.54) is 24.1 Å². The molecule has 2 aromatic carbocycles. The van der Waals surface area contributed by atoms with Crippen molar-refractivity contribution in [3.8, 4) is 5.75 Å². The number of carbonyl (C=O) groups is 3. The molecular weight excluding hydrogens is 581 g/mol. The number of aromatic nitrogens is 1. The van der Waals surface area contributed by atoms with E-state index in [0.29, 0.717) is 11.3 Å². The summed E-state index contributed by atoms with van der Waals surface area (Å²) in [5.74, 6) is -1.79. The van der Waals surface area contributed by atoms with Gasteiger partial charge in [0.1, 0.15) is 22.5 Å². The largest absolute Gasteiger partial charge is 0.497 e. The van der Waals surface area contributed by atoms with Crippen molar-refractivity contribution in [3.63, 3.8) is 0 Å². The number of hydrogen-bond donors (Lipinski definition) is 3. The molecule has 0 saturated heterocycles. The number of amides is 3. The minimum Gasteiger partial charge on any atom is -0.497 e. The summed E-state index contributed by atoms with van der Waals surface area (Å²) in [7, 11) is 1.52. The van der Waals surface area contributed by atoms with Crippen molar-refractivity contribution in [2.45, 2.75) is 70.5 Å². The number of halogens is 2. The molecule has 0 bridgehead atoms. The van der Waals surface area contributed by atoms with Crippen LogP contribution in [0.3, 0.4) is 0 Å².